The number of rotatable bonds is 4. The average molecular weight is 387 g/mol. The topological polar surface area (TPSA) is 75.3 Å². The number of fused-ring (bicyclic) bond motifs is 1. The zero-order chi connectivity index (χ0) is 19.8. The Hall–Kier alpha value is -2.33. The summed E-state index contributed by atoms with van der Waals surface area (Å²) in [5.74, 6) is 4.28. The van der Waals surface area contributed by atoms with E-state index in [2.05, 4.69) is 5.32 Å². The Labute approximate surface area is 153 Å². The van der Waals surface area contributed by atoms with Gasteiger partial charge in [-0.3, -0.25) is 10.2 Å². The van der Waals surface area contributed by atoms with Crippen LogP contribution in [-0.2, 0) is 6.54 Å². The maximum atomic E-state index is 14.3. The van der Waals surface area contributed by atoms with Crippen LogP contribution in [-0.4, -0.2) is 53.9 Å². The molecule has 0 saturated carbocycles. The summed E-state index contributed by atoms with van der Waals surface area (Å²) in [5, 5.41) is 3.50. The summed E-state index contributed by atoms with van der Waals surface area (Å²) in [6.07, 6.45) is -5.06. The van der Waals surface area contributed by atoms with E-state index in [1.807, 2.05) is 17.4 Å². The molecular weight excluding hydrogens is 366 g/mol. The third-order valence-corrected chi connectivity index (χ3v) is 4.73. The van der Waals surface area contributed by atoms with E-state index < -0.39 is 30.8 Å². The van der Waals surface area contributed by atoms with Gasteiger partial charge in [0.15, 0.2) is 0 Å². The Balaban J connectivity index is 2.01. The van der Waals surface area contributed by atoms with Crippen LogP contribution >= 0.6 is 0 Å². The third kappa shape index (κ3) is 4.16. The number of benzene rings is 1. The number of alkyl halides is 4. The number of aromatic nitrogens is 1. The number of nitrogens with zero attached hydrogens (tertiary/aromatic N) is 2. The van der Waals surface area contributed by atoms with Gasteiger partial charge in [0, 0.05) is 24.2 Å². The number of nitrogens with two attached hydrogens (primary N) is 1. The van der Waals surface area contributed by atoms with Crippen LogP contribution in [0.15, 0.2) is 24.3 Å². The highest BCUT2D eigenvalue weighted by Gasteiger charge is 2.32. The third-order valence-electron chi connectivity index (χ3n) is 4.73. The zero-order valence-corrected chi connectivity index (χ0v) is 14.7. The maximum absolute atomic E-state index is 14.3. The summed E-state index contributed by atoms with van der Waals surface area (Å²) >= 11 is 0. The fourth-order valence-electron chi connectivity index (χ4n) is 3.44. The van der Waals surface area contributed by atoms with E-state index in [4.69, 9.17) is 5.84 Å². The number of anilines is 1. The van der Waals surface area contributed by atoms with Crippen LogP contribution in [0.5, 0.6) is 0 Å². The highest BCUT2D eigenvalue weighted by atomic mass is 19.4. The average Bonchev–Trinajstić information content (AvgIpc) is 2.94. The standard InChI is InChI=1S/C17H21F4N5O/c1-25-6-5-13(11(18)8-25)23-12-3-2-4-14-10(12)7-15(16(27)24-22)26(14)9-17(19,20)21/h2-4,7,11,13,23H,5-6,8-9,22H2,1H3,(H,24,27)/t11-,13-/m1/s1. The van der Waals surface area contributed by atoms with Gasteiger partial charge < -0.3 is 14.8 Å². The van der Waals surface area contributed by atoms with Crippen molar-refractivity contribution in [2.75, 3.05) is 25.5 Å². The Morgan fingerprint density at radius 3 is 2.74 bits per heavy atom. The molecule has 1 aromatic heterocycles. The molecule has 0 radical (unpaired) electrons. The van der Waals surface area contributed by atoms with Crippen molar-refractivity contribution in [3.63, 3.8) is 0 Å². The number of nitrogens with one attached hydrogen (secondary N) is 2. The van der Waals surface area contributed by atoms with Crippen LogP contribution < -0.4 is 16.6 Å². The minimum atomic E-state index is -4.52. The first-order chi connectivity index (χ1) is 12.7. The molecule has 1 aliphatic rings. The van der Waals surface area contributed by atoms with E-state index in [9.17, 15) is 22.4 Å². The lowest BCUT2D eigenvalue weighted by Crippen LogP contribution is -2.46. The molecule has 0 aliphatic carbocycles. The second kappa shape index (κ2) is 7.35. The van der Waals surface area contributed by atoms with Gasteiger partial charge in [-0.1, -0.05) is 6.07 Å². The van der Waals surface area contributed by atoms with E-state index in [-0.39, 0.29) is 17.8 Å². The van der Waals surface area contributed by atoms with Gasteiger partial charge in [-0.2, -0.15) is 13.2 Å². The number of piperidine rings is 1. The van der Waals surface area contributed by atoms with E-state index in [0.717, 1.165) is 4.57 Å². The quantitative estimate of drug-likeness (QED) is 0.326. The highest BCUT2D eigenvalue weighted by molar-refractivity contribution is 6.02. The number of amides is 1. The SMILES string of the molecule is CN1CC[C@@H](Nc2cccc3c2cc(C(=O)NN)n3CC(F)(F)F)[C@H](F)C1. The molecule has 0 spiro atoms. The molecule has 3 rings (SSSR count). The second-order valence-corrected chi connectivity index (χ2v) is 6.76. The Morgan fingerprint density at radius 2 is 2.11 bits per heavy atom. The fraction of sp³-hybridized carbons (Fsp3) is 0.471. The second-order valence-electron chi connectivity index (χ2n) is 6.76. The van der Waals surface area contributed by atoms with Crippen molar-refractivity contribution in [2.45, 2.75) is 31.4 Å². The molecule has 0 unspecified atom stereocenters. The largest absolute Gasteiger partial charge is 0.406 e. The number of carbonyl (C=O) groups excluding carboxylic acids is 1. The molecular formula is C17H21F4N5O. The number of nitrogen functional groups attached to an aromatic ring is 1. The first kappa shape index (κ1) is 19.4. The van der Waals surface area contributed by atoms with E-state index in [1.54, 1.807) is 12.1 Å². The zero-order valence-electron chi connectivity index (χ0n) is 14.7. The number of hydrazine groups is 1. The number of hydrogen-bond acceptors (Lipinski definition) is 4. The lowest BCUT2D eigenvalue weighted by atomic mass is 10.0. The normalized spacial score (nSPS) is 21.4. The molecule has 148 valence electrons. The molecule has 1 saturated heterocycles. The molecule has 2 atom stereocenters. The molecule has 1 fully saturated rings. The monoisotopic (exact) mass is 387 g/mol. The maximum Gasteiger partial charge on any atom is 0.406 e. The summed E-state index contributed by atoms with van der Waals surface area (Å²) in [6.45, 7) is -0.337. The Kier molecular flexibility index (Phi) is 5.29. The molecule has 6 nitrogen and oxygen atoms in total. The van der Waals surface area contributed by atoms with Crippen molar-refractivity contribution < 1.29 is 22.4 Å². The summed E-state index contributed by atoms with van der Waals surface area (Å²) in [7, 11) is 1.83. The van der Waals surface area contributed by atoms with Crippen LogP contribution in [0, 0.1) is 0 Å². The first-order valence-electron chi connectivity index (χ1n) is 8.48. The lowest BCUT2D eigenvalue weighted by molar-refractivity contribution is -0.140. The Morgan fingerprint density at radius 1 is 1.37 bits per heavy atom. The number of carbonyl (C=O) groups is 1. The fourth-order valence-corrected chi connectivity index (χ4v) is 3.44. The van der Waals surface area contributed by atoms with Crippen molar-refractivity contribution in [3.8, 4) is 0 Å². The molecule has 10 heteroatoms. The Bertz CT molecular complexity index is 835. The van der Waals surface area contributed by atoms with Crippen molar-refractivity contribution in [1.29, 1.82) is 0 Å². The number of hydrogen-bond donors (Lipinski definition) is 3. The number of likely N-dealkylation sites (tertiary alicyclic amines) is 1. The van der Waals surface area contributed by atoms with E-state index in [1.165, 1.54) is 12.1 Å². The highest BCUT2D eigenvalue weighted by Crippen LogP contribution is 2.31. The van der Waals surface area contributed by atoms with Gasteiger partial charge in [0.05, 0.1) is 11.6 Å². The molecule has 2 aromatic rings. The predicted octanol–water partition coefficient (Wildman–Crippen LogP) is 2.26. The summed E-state index contributed by atoms with van der Waals surface area (Å²) in [5.41, 5.74) is 2.36. The number of halogens is 4. The van der Waals surface area contributed by atoms with Crippen LogP contribution in [0.2, 0.25) is 0 Å². The minimum Gasteiger partial charge on any atom is -0.379 e. The van der Waals surface area contributed by atoms with Gasteiger partial charge in [-0.25, -0.2) is 10.2 Å². The first-order valence-corrected chi connectivity index (χ1v) is 8.48. The van der Waals surface area contributed by atoms with E-state index >= 15 is 0 Å². The summed E-state index contributed by atoms with van der Waals surface area (Å²) in [4.78, 5) is 13.9. The minimum absolute atomic E-state index is 0.209. The van der Waals surface area contributed by atoms with E-state index in [0.29, 0.717) is 24.0 Å². The van der Waals surface area contributed by atoms with Crippen molar-refractivity contribution in [3.05, 3.63) is 30.0 Å². The molecule has 1 amide bonds. The van der Waals surface area contributed by atoms with Gasteiger partial charge in [0.25, 0.3) is 5.91 Å². The molecule has 1 aliphatic heterocycles. The van der Waals surface area contributed by atoms with Crippen LogP contribution in [0.4, 0.5) is 23.2 Å². The molecule has 4 N–H and O–H groups in total. The lowest BCUT2D eigenvalue weighted by Gasteiger charge is -2.33. The molecule has 2 heterocycles. The smallest absolute Gasteiger partial charge is 0.379 e. The molecule has 27 heavy (non-hydrogen) atoms. The van der Waals surface area contributed by atoms with Gasteiger partial charge >= 0.3 is 6.18 Å². The van der Waals surface area contributed by atoms with Crippen molar-refractivity contribution >= 4 is 22.5 Å². The van der Waals surface area contributed by atoms with Gasteiger partial charge in [-0.15, -0.1) is 0 Å². The van der Waals surface area contributed by atoms with Crippen LogP contribution in [0.3, 0.4) is 0 Å². The molecule has 0 bridgehead atoms. The summed E-state index contributed by atoms with van der Waals surface area (Å²) in [6, 6.07) is 5.61. The van der Waals surface area contributed by atoms with Gasteiger partial charge in [0.1, 0.15) is 18.4 Å². The summed E-state index contributed by atoms with van der Waals surface area (Å²) < 4.78 is 54.2. The van der Waals surface area contributed by atoms with Crippen molar-refractivity contribution in [2.24, 2.45) is 5.84 Å². The van der Waals surface area contributed by atoms with Crippen LogP contribution in [0.25, 0.3) is 10.9 Å². The molecule has 1 aromatic carbocycles. The van der Waals surface area contributed by atoms with Crippen molar-refractivity contribution in [1.82, 2.24) is 14.9 Å². The van der Waals surface area contributed by atoms with Gasteiger partial charge in [0.2, 0.25) is 0 Å². The van der Waals surface area contributed by atoms with Crippen LogP contribution in [0.1, 0.15) is 16.9 Å². The predicted molar refractivity (Wildman–Crippen MR) is 94.1 cm³/mol. The van der Waals surface area contributed by atoms with Gasteiger partial charge in [-0.05, 0) is 31.7 Å².